The fourth-order valence-electron chi connectivity index (χ4n) is 2.70. The lowest BCUT2D eigenvalue weighted by Gasteiger charge is -2.26. The minimum absolute atomic E-state index is 0. The third-order valence-electron chi connectivity index (χ3n) is 4.42. The standard InChI is InChI=1S/C16H24ClN3O.ClH/c1-12(20-8-7-16(2,10-18)11-20)15(21)19-9-13-5-3-4-6-14(13)17;/h3-6,12H,7-11,18H2,1-2H3,(H,19,21);1H. The van der Waals surface area contributed by atoms with E-state index in [1.165, 1.54) is 0 Å². The molecule has 4 nitrogen and oxygen atoms in total. The van der Waals surface area contributed by atoms with Crippen molar-refractivity contribution in [1.82, 2.24) is 10.2 Å². The van der Waals surface area contributed by atoms with E-state index in [4.69, 9.17) is 17.3 Å². The summed E-state index contributed by atoms with van der Waals surface area (Å²) in [5, 5.41) is 3.65. The van der Waals surface area contributed by atoms with Crippen LogP contribution in [-0.4, -0.2) is 36.5 Å². The van der Waals surface area contributed by atoms with Gasteiger partial charge in [0.2, 0.25) is 5.91 Å². The van der Waals surface area contributed by atoms with Crippen LogP contribution in [0, 0.1) is 5.41 Å². The maximum absolute atomic E-state index is 12.3. The Hall–Kier alpha value is -0.810. The van der Waals surface area contributed by atoms with Crippen LogP contribution in [0.15, 0.2) is 24.3 Å². The number of benzene rings is 1. The number of nitrogens with one attached hydrogen (secondary N) is 1. The number of rotatable bonds is 5. The first-order valence-corrected chi connectivity index (χ1v) is 7.78. The zero-order valence-electron chi connectivity index (χ0n) is 13.1. The summed E-state index contributed by atoms with van der Waals surface area (Å²) in [5.74, 6) is 0.0381. The number of carbonyl (C=O) groups excluding carboxylic acids is 1. The van der Waals surface area contributed by atoms with Gasteiger partial charge in [-0.2, -0.15) is 0 Å². The van der Waals surface area contributed by atoms with Gasteiger partial charge in [-0.1, -0.05) is 36.7 Å². The summed E-state index contributed by atoms with van der Waals surface area (Å²) in [6.07, 6.45) is 1.05. The van der Waals surface area contributed by atoms with Gasteiger partial charge in [-0.25, -0.2) is 0 Å². The molecule has 1 heterocycles. The molecule has 3 N–H and O–H groups in total. The van der Waals surface area contributed by atoms with Gasteiger partial charge in [-0.15, -0.1) is 12.4 Å². The van der Waals surface area contributed by atoms with Crippen LogP contribution in [0.4, 0.5) is 0 Å². The average Bonchev–Trinajstić information content (AvgIpc) is 2.88. The fourth-order valence-corrected chi connectivity index (χ4v) is 2.90. The van der Waals surface area contributed by atoms with Crippen LogP contribution in [0.3, 0.4) is 0 Å². The summed E-state index contributed by atoms with van der Waals surface area (Å²) in [7, 11) is 0. The van der Waals surface area contributed by atoms with E-state index in [-0.39, 0.29) is 29.8 Å². The molecule has 1 aromatic carbocycles. The molecule has 0 bridgehead atoms. The number of nitrogens with zero attached hydrogens (tertiary/aromatic N) is 1. The SMILES string of the molecule is CC(C(=O)NCc1ccccc1Cl)N1CCC(C)(CN)C1.Cl. The van der Waals surface area contributed by atoms with E-state index in [2.05, 4.69) is 17.1 Å². The van der Waals surface area contributed by atoms with Crippen molar-refractivity contribution in [2.45, 2.75) is 32.9 Å². The molecule has 2 atom stereocenters. The van der Waals surface area contributed by atoms with Gasteiger partial charge in [0.25, 0.3) is 0 Å². The van der Waals surface area contributed by atoms with Gasteiger partial charge in [0.15, 0.2) is 0 Å². The smallest absolute Gasteiger partial charge is 0.237 e. The Bertz CT molecular complexity index is 512. The Balaban J connectivity index is 0.00000242. The molecule has 0 aromatic heterocycles. The summed E-state index contributed by atoms with van der Waals surface area (Å²) in [4.78, 5) is 14.5. The minimum atomic E-state index is -0.138. The largest absolute Gasteiger partial charge is 0.351 e. The van der Waals surface area contributed by atoms with Gasteiger partial charge in [0.05, 0.1) is 6.04 Å². The average molecular weight is 346 g/mol. The highest BCUT2D eigenvalue weighted by atomic mass is 35.5. The highest BCUT2D eigenvalue weighted by Gasteiger charge is 2.36. The highest BCUT2D eigenvalue weighted by Crippen LogP contribution is 2.29. The molecule has 0 aliphatic carbocycles. The lowest BCUT2D eigenvalue weighted by Crippen LogP contribution is -2.45. The maximum atomic E-state index is 12.3. The van der Waals surface area contributed by atoms with Crippen LogP contribution in [0.1, 0.15) is 25.8 Å². The third kappa shape index (κ3) is 4.59. The zero-order chi connectivity index (χ0) is 15.5. The molecule has 1 amide bonds. The summed E-state index contributed by atoms with van der Waals surface area (Å²) in [6, 6.07) is 7.42. The van der Waals surface area contributed by atoms with Gasteiger partial charge in [0, 0.05) is 18.1 Å². The van der Waals surface area contributed by atoms with Crippen molar-refractivity contribution in [3.8, 4) is 0 Å². The Morgan fingerprint density at radius 1 is 1.50 bits per heavy atom. The zero-order valence-corrected chi connectivity index (χ0v) is 14.7. The Morgan fingerprint density at radius 2 is 2.18 bits per heavy atom. The molecule has 0 saturated carbocycles. The number of halogens is 2. The monoisotopic (exact) mass is 345 g/mol. The second-order valence-corrected chi connectivity index (χ2v) is 6.63. The van der Waals surface area contributed by atoms with Crippen molar-refractivity contribution in [2.75, 3.05) is 19.6 Å². The van der Waals surface area contributed by atoms with Crippen LogP contribution in [-0.2, 0) is 11.3 Å². The van der Waals surface area contributed by atoms with Crippen molar-refractivity contribution in [3.05, 3.63) is 34.9 Å². The molecule has 1 fully saturated rings. The Morgan fingerprint density at radius 3 is 2.77 bits per heavy atom. The van der Waals surface area contributed by atoms with Gasteiger partial charge in [-0.05, 0) is 43.5 Å². The van der Waals surface area contributed by atoms with E-state index in [1.54, 1.807) is 0 Å². The van der Waals surface area contributed by atoms with Crippen molar-refractivity contribution < 1.29 is 4.79 Å². The van der Waals surface area contributed by atoms with E-state index >= 15 is 0 Å². The summed E-state index contributed by atoms with van der Waals surface area (Å²) < 4.78 is 0. The predicted molar refractivity (Wildman–Crippen MR) is 93.4 cm³/mol. The van der Waals surface area contributed by atoms with Crippen LogP contribution >= 0.6 is 24.0 Å². The molecule has 6 heteroatoms. The molecule has 0 radical (unpaired) electrons. The normalized spacial score (nSPS) is 22.9. The number of hydrogen-bond donors (Lipinski definition) is 2. The Kier molecular flexibility index (Phi) is 7.13. The molecule has 124 valence electrons. The van der Waals surface area contributed by atoms with E-state index in [9.17, 15) is 4.79 Å². The lowest BCUT2D eigenvalue weighted by molar-refractivity contribution is -0.125. The van der Waals surface area contributed by atoms with E-state index < -0.39 is 0 Å². The van der Waals surface area contributed by atoms with Crippen LogP contribution in [0.5, 0.6) is 0 Å². The first kappa shape index (κ1) is 19.2. The summed E-state index contributed by atoms with van der Waals surface area (Å²) in [6.45, 7) is 7.06. The molecule has 1 aromatic rings. The molecule has 2 rings (SSSR count). The predicted octanol–water partition coefficient (Wildman–Crippen LogP) is 2.44. The van der Waals surface area contributed by atoms with Gasteiger partial charge >= 0.3 is 0 Å². The third-order valence-corrected chi connectivity index (χ3v) is 4.79. The van der Waals surface area contributed by atoms with Gasteiger partial charge in [0.1, 0.15) is 0 Å². The maximum Gasteiger partial charge on any atom is 0.237 e. The lowest BCUT2D eigenvalue weighted by atomic mass is 9.90. The minimum Gasteiger partial charge on any atom is -0.351 e. The van der Waals surface area contributed by atoms with Crippen molar-refractivity contribution >= 4 is 29.9 Å². The van der Waals surface area contributed by atoms with Gasteiger partial charge < -0.3 is 11.1 Å². The number of likely N-dealkylation sites (tertiary alicyclic amines) is 1. The first-order valence-electron chi connectivity index (χ1n) is 7.40. The number of carbonyl (C=O) groups is 1. The van der Waals surface area contributed by atoms with Crippen molar-refractivity contribution in [2.24, 2.45) is 11.1 Å². The van der Waals surface area contributed by atoms with Gasteiger partial charge in [-0.3, -0.25) is 9.69 Å². The second kappa shape index (κ2) is 8.16. The highest BCUT2D eigenvalue weighted by molar-refractivity contribution is 6.31. The molecule has 1 aliphatic heterocycles. The topological polar surface area (TPSA) is 58.4 Å². The Labute approximate surface area is 143 Å². The molecule has 22 heavy (non-hydrogen) atoms. The molecule has 0 spiro atoms. The number of hydrogen-bond acceptors (Lipinski definition) is 3. The van der Waals surface area contributed by atoms with Crippen LogP contribution < -0.4 is 11.1 Å². The molecular weight excluding hydrogens is 321 g/mol. The molecular formula is C16H25Cl2N3O. The van der Waals surface area contributed by atoms with Crippen molar-refractivity contribution in [3.63, 3.8) is 0 Å². The van der Waals surface area contributed by atoms with Crippen LogP contribution in [0.2, 0.25) is 5.02 Å². The summed E-state index contributed by atoms with van der Waals surface area (Å²) in [5.41, 5.74) is 6.89. The van der Waals surface area contributed by atoms with Crippen molar-refractivity contribution in [1.29, 1.82) is 0 Å². The van der Waals surface area contributed by atoms with Crippen LogP contribution in [0.25, 0.3) is 0 Å². The number of amides is 1. The van der Waals surface area contributed by atoms with E-state index in [1.807, 2.05) is 31.2 Å². The molecule has 1 saturated heterocycles. The first-order chi connectivity index (χ1) is 9.95. The second-order valence-electron chi connectivity index (χ2n) is 6.22. The molecule has 1 aliphatic rings. The number of nitrogens with two attached hydrogens (primary N) is 1. The molecule has 2 unspecified atom stereocenters. The summed E-state index contributed by atoms with van der Waals surface area (Å²) >= 11 is 6.09. The van der Waals surface area contributed by atoms with E-state index in [0.29, 0.717) is 18.1 Å². The fraction of sp³-hybridized carbons (Fsp3) is 0.562. The quantitative estimate of drug-likeness (QED) is 0.861. The van der Waals surface area contributed by atoms with E-state index in [0.717, 1.165) is 25.1 Å².